The zero-order chi connectivity index (χ0) is 11.5. The standard InChI is InChI=1S/C12H14N2.C2H6/c1-9-11-4-2-3-5-12(11)13-14(9)8-10-6-7-10;1-2/h2-5,10H,6-8H2,1H3;1-2H3. The summed E-state index contributed by atoms with van der Waals surface area (Å²) in [4.78, 5) is 0. The Labute approximate surface area is 97.3 Å². The van der Waals surface area contributed by atoms with Gasteiger partial charge in [0, 0.05) is 17.6 Å². The van der Waals surface area contributed by atoms with Crippen LogP contribution in [0.2, 0.25) is 0 Å². The number of rotatable bonds is 2. The van der Waals surface area contributed by atoms with Crippen molar-refractivity contribution in [3.8, 4) is 0 Å². The lowest BCUT2D eigenvalue weighted by Crippen LogP contribution is -2.03. The molecule has 0 radical (unpaired) electrons. The Balaban J connectivity index is 0.000000457. The fourth-order valence-corrected chi connectivity index (χ4v) is 1.93. The first-order chi connectivity index (χ1) is 7.84. The minimum Gasteiger partial charge on any atom is -0.268 e. The maximum Gasteiger partial charge on any atom is 0.0926 e. The molecule has 1 heterocycles. The van der Waals surface area contributed by atoms with Gasteiger partial charge >= 0.3 is 0 Å². The highest BCUT2D eigenvalue weighted by molar-refractivity contribution is 5.81. The summed E-state index contributed by atoms with van der Waals surface area (Å²) in [7, 11) is 0. The molecule has 0 unspecified atom stereocenters. The molecule has 0 bridgehead atoms. The van der Waals surface area contributed by atoms with Crippen molar-refractivity contribution in [3.63, 3.8) is 0 Å². The molecule has 1 aliphatic carbocycles. The van der Waals surface area contributed by atoms with Gasteiger partial charge in [-0.3, -0.25) is 4.68 Å². The molecule has 0 saturated heterocycles. The smallest absolute Gasteiger partial charge is 0.0926 e. The van der Waals surface area contributed by atoms with E-state index in [1.54, 1.807) is 0 Å². The maximum absolute atomic E-state index is 4.61. The van der Waals surface area contributed by atoms with Crippen molar-refractivity contribution in [1.29, 1.82) is 0 Å². The molecular formula is C14H20N2. The second kappa shape index (κ2) is 4.69. The summed E-state index contributed by atoms with van der Waals surface area (Å²) in [6.45, 7) is 7.28. The van der Waals surface area contributed by atoms with E-state index in [-0.39, 0.29) is 0 Å². The van der Waals surface area contributed by atoms with Crippen molar-refractivity contribution >= 4 is 10.9 Å². The summed E-state index contributed by atoms with van der Waals surface area (Å²) in [5.74, 6) is 0.892. The van der Waals surface area contributed by atoms with Crippen LogP contribution in [0.4, 0.5) is 0 Å². The zero-order valence-corrected chi connectivity index (χ0v) is 10.4. The third-order valence-electron chi connectivity index (χ3n) is 3.04. The molecule has 0 aliphatic heterocycles. The van der Waals surface area contributed by atoms with Gasteiger partial charge in [-0.1, -0.05) is 32.0 Å². The Morgan fingerprint density at radius 2 is 1.94 bits per heavy atom. The molecule has 1 saturated carbocycles. The summed E-state index contributed by atoms with van der Waals surface area (Å²) in [5, 5.41) is 5.91. The van der Waals surface area contributed by atoms with Crippen LogP contribution in [0.1, 0.15) is 32.4 Å². The van der Waals surface area contributed by atoms with E-state index in [4.69, 9.17) is 0 Å². The lowest BCUT2D eigenvalue weighted by atomic mass is 10.2. The quantitative estimate of drug-likeness (QED) is 0.747. The molecule has 1 aliphatic rings. The van der Waals surface area contributed by atoms with Gasteiger partial charge in [-0.2, -0.15) is 5.10 Å². The van der Waals surface area contributed by atoms with Gasteiger partial charge in [-0.15, -0.1) is 0 Å². The summed E-state index contributed by atoms with van der Waals surface area (Å²) >= 11 is 0. The lowest BCUT2D eigenvalue weighted by Gasteiger charge is -2.00. The van der Waals surface area contributed by atoms with Crippen molar-refractivity contribution < 1.29 is 0 Å². The first-order valence-corrected chi connectivity index (χ1v) is 6.27. The molecule has 0 N–H and O–H groups in total. The molecule has 0 amide bonds. The van der Waals surface area contributed by atoms with Gasteiger partial charge in [0.1, 0.15) is 0 Å². The average Bonchev–Trinajstić information content (AvgIpc) is 3.09. The molecule has 1 aromatic carbocycles. The highest BCUT2D eigenvalue weighted by Crippen LogP contribution is 2.31. The molecule has 1 aromatic heterocycles. The van der Waals surface area contributed by atoms with Crippen molar-refractivity contribution in [2.75, 3.05) is 0 Å². The Morgan fingerprint density at radius 1 is 1.25 bits per heavy atom. The van der Waals surface area contributed by atoms with Crippen molar-refractivity contribution in [1.82, 2.24) is 9.78 Å². The van der Waals surface area contributed by atoms with Crippen LogP contribution in [0, 0.1) is 12.8 Å². The molecule has 0 atom stereocenters. The summed E-state index contributed by atoms with van der Waals surface area (Å²) in [6, 6.07) is 8.38. The normalized spacial score (nSPS) is 14.7. The van der Waals surface area contributed by atoms with E-state index in [1.807, 2.05) is 13.8 Å². The molecule has 3 rings (SSSR count). The van der Waals surface area contributed by atoms with Crippen LogP contribution in [0.15, 0.2) is 24.3 Å². The van der Waals surface area contributed by atoms with Crippen molar-refractivity contribution in [2.45, 2.75) is 40.2 Å². The van der Waals surface area contributed by atoms with E-state index in [2.05, 4.69) is 41.0 Å². The van der Waals surface area contributed by atoms with Crippen molar-refractivity contribution in [2.24, 2.45) is 5.92 Å². The zero-order valence-electron chi connectivity index (χ0n) is 10.4. The van der Waals surface area contributed by atoms with E-state index < -0.39 is 0 Å². The number of benzene rings is 1. The lowest BCUT2D eigenvalue weighted by molar-refractivity contribution is 0.555. The van der Waals surface area contributed by atoms with Gasteiger partial charge in [0.05, 0.1) is 5.52 Å². The second-order valence-corrected chi connectivity index (χ2v) is 4.23. The van der Waals surface area contributed by atoms with Gasteiger partial charge in [-0.25, -0.2) is 0 Å². The summed E-state index contributed by atoms with van der Waals surface area (Å²) in [6.07, 6.45) is 2.77. The van der Waals surface area contributed by atoms with E-state index >= 15 is 0 Å². The Morgan fingerprint density at radius 3 is 2.56 bits per heavy atom. The molecule has 2 aromatic rings. The molecule has 2 nitrogen and oxygen atoms in total. The van der Waals surface area contributed by atoms with E-state index in [0.717, 1.165) is 18.0 Å². The van der Waals surface area contributed by atoms with Crippen LogP contribution in [-0.2, 0) is 6.54 Å². The van der Waals surface area contributed by atoms with Crippen LogP contribution in [0.3, 0.4) is 0 Å². The second-order valence-electron chi connectivity index (χ2n) is 4.23. The predicted octanol–water partition coefficient (Wildman–Crippen LogP) is 3.78. The minimum absolute atomic E-state index is 0.892. The van der Waals surface area contributed by atoms with E-state index in [9.17, 15) is 0 Å². The largest absolute Gasteiger partial charge is 0.268 e. The highest BCUT2D eigenvalue weighted by Gasteiger charge is 2.23. The summed E-state index contributed by atoms with van der Waals surface area (Å²) in [5.41, 5.74) is 2.44. The summed E-state index contributed by atoms with van der Waals surface area (Å²) < 4.78 is 2.17. The van der Waals surface area contributed by atoms with Crippen LogP contribution in [0.25, 0.3) is 10.9 Å². The number of aryl methyl sites for hydroxylation is 1. The first kappa shape index (κ1) is 11.2. The number of nitrogens with zero attached hydrogens (tertiary/aromatic N) is 2. The monoisotopic (exact) mass is 216 g/mol. The molecule has 0 spiro atoms. The topological polar surface area (TPSA) is 17.8 Å². The van der Waals surface area contributed by atoms with Crippen LogP contribution in [-0.4, -0.2) is 9.78 Å². The number of hydrogen-bond donors (Lipinski definition) is 0. The molecular weight excluding hydrogens is 196 g/mol. The Hall–Kier alpha value is -1.31. The SMILES string of the molecule is CC.Cc1c2ccccc2nn1CC1CC1. The number of fused-ring (bicyclic) bond motifs is 1. The molecule has 1 fully saturated rings. The van der Waals surface area contributed by atoms with E-state index in [0.29, 0.717) is 0 Å². The van der Waals surface area contributed by atoms with Gasteiger partial charge in [0.15, 0.2) is 0 Å². The van der Waals surface area contributed by atoms with Gasteiger partial charge < -0.3 is 0 Å². The van der Waals surface area contributed by atoms with Gasteiger partial charge in [0.25, 0.3) is 0 Å². The first-order valence-electron chi connectivity index (χ1n) is 6.27. The molecule has 16 heavy (non-hydrogen) atoms. The fourth-order valence-electron chi connectivity index (χ4n) is 1.93. The van der Waals surface area contributed by atoms with E-state index in [1.165, 1.54) is 23.9 Å². The number of hydrogen-bond acceptors (Lipinski definition) is 1. The van der Waals surface area contributed by atoms with Crippen LogP contribution in [0.5, 0.6) is 0 Å². The van der Waals surface area contributed by atoms with Crippen LogP contribution < -0.4 is 0 Å². The molecule has 2 heteroatoms. The van der Waals surface area contributed by atoms with Gasteiger partial charge in [0.2, 0.25) is 0 Å². The van der Waals surface area contributed by atoms with Gasteiger partial charge in [-0.05, 0) is 31.7 Å². The van der Waals surface area contributed by atoms with Crippen LogP contribution >= 0.6 is 0 Å². The Kier molecular flexibility index (Phi) is 3.28. The maximum atomic E-state index is 4.61. The third-order valence-corrected chi connectivity index (χ3v) is 3.04. The average molecular weight is 216 g/mol. The highest BCUT2D eigenvalue weighted by atomic mass is 15.3. The molecule has 86 valence electrons. The fraction of sp³-hybridized carbons (Fsp3) is 0.500. The minimum atomic E-state index is 0.892. The predicted molar refractivity (Wildman–Crippen MR) is 68.5 cm³/mol. The Bertz CT molecular complexity index is 467. The van der Waals surface area contributed by atoms with Crippen molar-refractivity contribution in [3.05, 3.63) is 30.0 Å². The third kappa shape index (κ3) is 2.11. The number of aromatic nitrogens is 2.